The van der Waals surface area contributed by atoms with E-state index in [1.807, 2.05) is 30.3 Å². The smallest absolute Gasteiger partial charge is 0.271 e. The molecule has 1 aliphatic heterocycles. The zero-order chi connectivity index (χ0) is 15.7. The van der Waals surface area contributed by atoms with Crippen LogP contribution >= 0.6 is 0 Å². The quantitative estimate of drug-likeness (QED) is 0.645. The molecule has 0 fully saturated rings. The lowest BCUT2D eigenvalue weighted by atomic mass is 10.1. The number of amides is 1. The molecule has 1 unspecified atom stereocenters. The molecule has 0 spiro atoms. The van der Waals surface area contributed by atoms with Crippen LogP contribution in [-0.4, -0.2) is 16.9 Å². The van der Waals surface area contributed by atoms with Crippen molar-refractivity contribution in [2.24, 2.45) is 0 Å². The van der Waals surface area contributed by atoms with E-state index in [1.54, 1.807) is 6.92 Å². The van der Waals surface area contributed by atoms with E-state index >= 15 is 0 Å². The van der Waals surface area contributed by atoms with E-state index in [2.05, 4.69) is 0 Å². The molecule has 1 atom stereocenters. The fourth-order valence-corrected chi connectivity index (χ4v) is 2.44. The van der Waals surface area contributed by atoms with Crippen LogP contribution in [0.5, 0.6) is 5.75 Å². The van der Waals surface area contributed by atoms with Gasteiger partial charge in [0, 0.05) is 12.1 Å². The Bertz CT molecular complexity index is 730. The number of nitro groups is 1. The molecule has 1 amide bonds. The van der Waals surface area contributed by atoms with Gasteiger partial charge in [-0.25, -0.2) is 0 Å². The van der Waals surface area contributed by atoms with Crippen molar-refractivity contribution < 1.29 is 14.5 Å². The number of nitro benzene ring substituents is 1. The Balaban J connectivity index is 2.03. The summed E-state index contributed by atoms with van der Waals surface area (Å²) < 4.78 is 5.53. The Morgan fingerprint density at radius 2 is 1.95 bits per heavy atom. The molecule has 1 heterocycles. The lowest BCUT2D eigenvalue weighted by Gasteiger charge is -2.32. The molecule has 2 aromatic carbocycles. The molecular weight excluding hydrogens is 284 g/mol. The topological polar surface area (TPSA) is 72.7 Å². The molecular formula is C16H14N2O4. The first-order chi connectivity index (χ1) is 10.6. The Morgan fingerprint density at radius 3 is 2.64 bits per heavy atom. The zero-order valence-electron chi connectivity index (χ0n) is 11.9. The molecule has 112 valence electrons. The van der Waals surface area contributed by atoms with Gasteiger partial charge in [-0.2, -0.15) is 0 Å². The van der Waals surface area contributed by atoms with Crippen LogP contribution in [0.25, 0.3) is 0 Å². The lowest BCUT2D eigenvalue weighted by molar-refractivity contribution is -0.384. The highest BCUT2D eigenvalue weighted by atomic mass is 16.6. The van der Waals surface area contributed by atoms with Crippen molar-refractivity contribution in [3.8, 4) is 5.75 Å². The third kappa shape index (κ3) is 2.50. The highest BCUT2D eigenvalue weighted by Crippen LogP contribution is 2.37. The first-order valence-corrected chi connectivity index (χ1v) is 6.86. The Morgan fingerprint density at radius 1 is 1.23 bits per heavy atom. The maximum atomic E-state index is 12.4. The van der Waals surface area contributed by atoms with Crippen molar-refractivity contribution in [3.05, 3.63) is 64.2 Å². The molecule has 1 aliphatic rings. The number of rotatable bonds is 3. The van der Waals surface area contributed by atoms with E-state index in [0.717, 1.165) is 5.56 Å². The average molecular weight is 298 g/mol. The molecule has 0 saturated carbocycles. The van der Waals surface area contributed by atoms with Gasteiger partial charge < -0.3 is 9.64 Å². The molecule has 0 radical (unpaired) electrons. The number of benzene rings is 2. The molecule has 6 heteroatoms. The number of carbonyl (C=O) groups is 1. The number of anilines is 1. The molecule has 0 bridgehead atoms. The van der Waals surface area contributed by atoms with Gasteiger partial charge in [0.15, 0.2) is 6.10 Å². The van der Waals surface area contributed by atoms with Crippen molar-refractivity contribution in [2.75, 3.05) is 4.90 Å². The van der Waals surface area contributed by atoms with Crippen LogP contribution < -0.4 is 9.64 Å². The largest absolute Gasteiger partial charge is 0.479 e. The fourth-order valence-electron chi connectivity index (χ4n) is 2.44. The Labute approximate surface area is 127 Å². The van der Waals surface area contributed by atoms with Crippen LogP contribution in [0.15, 0.2) is 48.5 Å². The molecule has 0 aromatic heterocycles. The molecule has 0 aliphatic carbocycles. The van der Waals surface area contributed by atoms with Gasteiger partial charge in [-0.05, 0) is 18.6 Å². The van der Waals surface area contributed by atoms with E-state index in [-0.39, 0.29) is 11.6 Å². The minimum atomic E-state index is -0.613. The predicted molar refractivity (Wildman–Crippen MR) is 80.8 cm³/mol. The van der Waals surface area contributed by atoms with Crippen LogP contribution in [0.2, 0.25) is 0 Å². The first kappa shape index (κ1) is 14.1. The van der Waals surface area contributed by atoms with E-state index in [9.17, 15) is 14.9 Å². The second kappa shape index (κ2) is 5.48. The van der Waals surface area contributed by atoms with Crippen molar-refractivity contribution >= 4 is 17.3 Å². The number of nitrogens with zero attached hydrogens (tertiary/aromatic N) is 2. The van der Waals surface area contributed by atoms with Gasteiger partial charge in [0.05, 0.1) is 17.2 Å². The van der Waals surface area contributed by atoms with Crippen molar-refractivity contribution in [1.29, 1.82) is 0 Å². The van der Waals surface area contributed by atoms with Gasteiger partial charge in [0.1, 0.15) is 5.75 Å². The summed E-state index contributed by atoms with van der Waals surface area (Å²) in [5.74, 6) is 0.269. The van der Waals surface area contributed by atoms with Gasteiger partial charge >= 0.3 is 0 Å². The number of non-ortho nitro benzene ring substituents is 1. The summed E-state index contributed by atoms with van der Waals surface area (Å²) in [6.45, 7) is 2.02. The maximum Gasteiger partial charge on any atom is 0.271 e. The van der Waals surface area contributed by atoms with E-state index < -0.39 is 11.0 Å². The van der Waals surface area contributed by atoms with E-state index in [1.165, 1.54) is 23.1 Å². The van der Waals surface area contributed by atoms with Crippen LogP contribution in [-0.2, 0) is 11.3 Å². The average Bonchev–Trinajstić information content (AvgIpc) is 2.52. The van der Waals surface area contributed by atoms with Gasteiger partial charge in [-0.1, -0.05) is 30.3 Å². The Kier molecular flexibility index (Phi) is 3.50. The number of fused-ring (bicyclic) bond motifs is 1. The molecule has 0 saturated heterocycles. The molecule has 2 aromatic rings. The summed E-state index contributed by atoms with van der Waals surface area (Å²) in [6.07, 6.45) is -0.613. The third-order valence-corrected chi connectivity index (χ3v) is 3.55. The van der Waals surface area contributed by atoms with Gasteiger partial charge in [0.2, 0.25) is 0 Å². The minimum Gasteiger partial charge on any atom is -0.479 e. The van der Waals surface area contributed by atoms with Crippen molar-refractivity contribution in [1.82, 2.24) is 0 Å². The standard InChI is InChI=1S/C16H14N2O4/c1-11-16(19)17(10-12-5-3-2-4-6-12)14-9-13(18(20)21)7-8-15(14)22-11/h2-9,11H,10H2,1H3. The van der Waals surface area contributed by atoms with E-state index in [0.29, 0.717) is 18.0 Å². The third-order valence-electron chi connectivity index (χ3n) is 3.55. The van der Waals surface area contributed by atoms with Crippen LogP contribution in [0.1, 0.15) is 12.5 Å². The van der Waals surface area contributed by atoms with Gasteiger partial charge in [-0.15, -0.1) is 0 Å². The highest BCUT2D eigenvalue weighted by molar-refractivity contribution is 6.00. The molecule has 22 heavy (non-hydrogen) atoms. The number of hydrogen-bond acceptors (Lipinski definition) is 4. The molecule has 0 N–H and O–H groups in total. The molecule has 6 nitrogen and oxygen atoms in total. The minimum absolute atomic E-state index is 0.0669. The summed E-state index contributed by atoms with van der Waals surface area (Å²) in [5, 5.41) is 11.0. The highest BCUT2D eigenvalue weighted by Gasteiger charge is 2.32. The first-order valence-electron chi connectivity index (χ1n) is 6.86. The summed E-state index contributed by atoms with van der Waals surface area (Å²) in [7, 11) is 0. The summed E-state index contributed by atoms with van der Waals surface area (Å²) in [6, 6.07) is 13.8. The predicted octanol–water partition coefficient (Wildman–Crippen LogP) is 2.91. The van der Waals surface area contributed by atoms with Gasteiger partial charge in [-0.3, -0.25) is 14.9 Å². The zero-order valence-corrected chi connectivity index (χ0v) is 11.9. The summed E-state index contributed by atoms with van der Waals surface area (Å²) in [5.41, 5.74) is 1.31. The summed E-state index contributed by atoms with van der Waals surface area (Å²) in [4.78, 5) is 24.4. The number of carbonyl (C=O) groups excluding carboxylic acids is 1. The number of hydrogen-bond donors (Lipinski definition) is 0. The Hall–Kier alpha value is -2.89. The number of ether oxygens (including phenoxy) is 1. The monoisotopic (exact) mass is 298 g/mol. The molecule has 3 rings (SSSR count). The van der Waals surface area contributed by atoms with Crippen LogP contribution in [0, 0.1) is 10.1 Å². The van der Waals surface area contributed by atoms with Gasteiger partial charge in [0.25, 0.3) is 11.6 Å². The SMILES string of the molecule is CC1Oc2ccc([N+](=O)[O-])cc2N(Cc2ccccc2)C1=O. The van der Waals surface area contributed by atoms with E-state index in [4.69, 9.17) is 4.74 Å². The maximum absolute atomic E-state index is 12.4. The normalized spacial score (nSPS) is 16.9. The van der Waals surface area contributed by atoms with Crippen LogP contribution in [0.3, 0.4) is 0 Å². The van der Waals surface area contributed by atoms with Crippen LogP contribution in [0.4, 0.5) is 11.4 Å². The van der Waals surface area contributed by atoms with Crippen molar-refractivity contribution in [2.45, 2.75) is 19.6 Å². The second-order valence-electron chi connectivity index (χ2n) is 5.08. The second-order valence-corrected chi connectivity index (χ2v) is 5.08. The summed E-state index contributed by atoms with van der Waals surface area (Å²) >= 11 is 0. The lowest BCUT2D eigenvalue weighted by Crippen LogP contribution is -2.44. The fraction of sp³-hybridized carbons (Fsp3) is 0.188. The van der Waals surface area contributed by atoms with Crippen molar-refractivity contribution in [3.63, 3.8) is 0 Å².